The predicted octanol–water partition coefficient (Wildman–Crippen LogP) is 3.86. The zero-order valence-electron chi connectivity index (χ0n) is 13.5. The number of ether oxygens (including phenoxy) is 1. The first-order valence-electron chi connectivity index (χ1n) is 7.63. The summed E-state index contributed by atoms with van der Waals surface area (Å²) in [6.45, 7) is 1.51. The fourth-order valence-corrected chi connectivity index (χ4v) is 2.38. The first-order chi connectivity index (χ1) is 12.3. The molecule has 0 fully saturated rings. The van der Waals surface area contributed by atoms with Crippen molar-refractivity contribution < 1.29 is 22.7 Å². The fraction of sp³-hybridized carbons (Fsp3) is 0.167. The molecule has 0 amide bonds. The summed E-state index contributed by atoms with van der Waals surface area (Å²) < 4.78 is 42.9. The van der Waals surface area contributed by atoms with Gasteiger partial charge in [-0.15, -0.1) is 0 Å². The number of carbonyl (C=O) groups is 1. The Morgan fingerprint density at radius 2 is 1.77 bits per heavy atom. The number of H-pyrrole nitrogens is 1. The molecule has 0 unspecified atom stereocenters. The Morgan fingerprint density at radius 3 is 2.42 bits per heavy atom. The maximum absolute atomic E-state index is 12.6. The van der Waals surface area contributed by atoms with Crippen LogP contribution in [0.5, 0.6) is 0 Å². The molecule has 0 saturated heterocycles. The van der Waals surface area contributed by atoms with Crippen molar-refractivity contribution in [3.05, 3.63) is 75.8 Å². The molecule has 0 bridgehead atoms. The van der Waals surface area contributed by atoms with Crippen LogP contribution in [0.4, 0.5) is 13.2 Å². The molecule has 134 valence electrons. The number of esters is 1. The smallest absolute Gasteiger partial charge is 0.416 e. The fourth-order valence-electron chi connectivity index (χ4n) is 2.38. The van der Waals surface area contributed by atoms with Gasteiger partial charge in [0.25, 0.3) is 5.56 Å². The van der Waals surface area contributed by atoms with Crippen LogP contribution in [-0.4, -0.2) is 15.9 Å². The molecule has 8 heteroatoms. The number of aromatic amines is 1. The number of nitrogens with one attached hydrogen (secondary N) is 1. The highest BCUT2D eigenvalue weighted by Crippen LogP contribution is 2.29. The van der Waals surface area contributed by atoms with Crippen LogP contribution >= 0.6 is 0 Å². The van der Waals surface area contributed by atoms with Crippen LogP contribution in [0, 0.1) is 0 Å². The Hall–Kier alpha value is -3.16. The molecule has 2 aromatic carbocycles. The van der Waals surface area contributed by atoms with Gasteiger partial charge in [-0.05, 0) is 43.3 Å². The van der Waals surface area contributed by atoms with E-state index in [0.717, 1.165) is 24.3 Å². The van der Waals surface area contributed by atoms with Gasteiger partial charge in [-0.3, -0.25) is 4.79 Å². The number of hydrogen-bond acceptors (Lipinski definition) is 4. The van der Waals surface area contributed by atoms with E-state index in [1.165, 1.54) is 6.92 Å². The summed E-state index contributed by atoms with van der Waals surface area (Å²) in [5, 5.41) is 0.400. The molecule has 1 heterocycles. The Labute approximate surface area is 145 Å². The van der Waals surface area contributed by atoms with Crippen molar-refractivity contribution in [2.75, 3.05) is 0 Å². The molecule has 0 radical (unpaired) electrons. The van der Waals surface area contributed by atoms with Crippen LogP contribution in [0.2, 0.25) is 0 Å². The number of rotatable bonds is 3. The van der Waals surface area contributed by atoms with Crippen molar-refractivity contribution >= 4 is 16.9 Å². The molecular formula is C18H13F3N2O3. The average molecular weight is 362 g/mol. The first kappa shape index (κ1) is 17.7. The highest BCUT2D eigenvalue weighted by molar-refractivity contribution is 5.89. The molecule has 0 spiro atoms. The van der Waals surface area contributed by atoms with E-state index in [1.54, 1.807) is 24.3 Å². The summed E-state index contributed by atoms with van der Waals surface area (Å²) in [6.07, 6.45) is -5.37. The highest BCUT2D eigenvalue weighted by atomic mass is 19.4. The largest absolute Gasteiger partial charge is 0.451 e. The van der Waals surface area contributed by atoms with E-state index in [1.807, 2.05) is 0 Å². The lowest BCUT2D eigenvalue weighted by Gasteiger charge is -2.13. The van der Waals surface area contributed by atoms with E-state index < -0.39 is 23.8 Å². The normalized spacial score (nSPS) is 12.8. The van der Waals surface area contributed by atoms with Crippen LogP contribution in [0.3, 0.4) is 0 Å². The molecule has 5 nitrogen and oxygen atoms in total. The van der Waals surface area contributed by atoms with E-state index in [2.05, 4.69) is 9.97 Å². The Balaban J connectivity index is 1.80. The van der Waals surface area contributed by atoms with Crippen LogP contribution < -0.4 is 5.56 Å². The van der Waals surface area contributed by atoms with Gasteiger partial charge in [0, 0.05) is 0 Å². The average Bonchev–Trinajstić information content (AvgIpc) is 2.61. The third-order valence-electron chi connectivity index (χ3n) is 3.75. The van der Waals surface area contributed by atoms with Gasteiger partial charge in [-0.2, -0.15) is 13.2 Å². The number of benzene rings is 2. The zero-order chi connectivity index (χ0) is 18.9. The molecule has 0 aliphatic rings. The summed E-state index contributed by atoms with van der Waals surface area (Å²) in [5.41, 5.74) is -0.817. The molecule has 0 aliphatic carbocycles. The third-order valence-corrected chi connectivity index (χ3v) is 3.75. The second-order valence-corrected chi connectivity index (χ2v) is 5.59. The molecule has 1 aromatic heterocycles. The Bertz CT molecular complexity index is 1010. The second kappa shape index (κ2) is 6.62. The van der Waals surface area contributed by atoms with E-state index in [9.17, 15) is 22.8 Å². The standard InChI is InChI=1S/C18H13F3N2O3/c1-10(15-22-14-5-3-2-4-13(14)16(24)23-15)26-17(25)11-6-8-12(9-7-11)18(19,20)21/h2-10H,1H3,(H,22,23,24)/t10-/m1/s1. The minimum absolute atomic E-state index is 0.0343. The number of alkyl halides is 3. The summed E-state index contributed by atoms with van der Waals surface area (Å²) in [4.78, 5) is 31.0. The number of fused-ring (bicyclic) bond motifs is 1. The van der Waals surface area contributed by atoms with Gasteiger partial charge < -0.3 is 9.72 Å². The lowest BCUT2D eigenvalue weighted by molar-refractivity contribution is -0.137. The SMILES string of the molecule is C[C@@H](OC(=O)c1ccc(C(F)(F)F)cc1)c1nc2ccccc2c(=O)[nH]1. The van der Waals surface area contributed by atoms with Gasteiger partial charge in [-0.25, -0.2) is 9.78 Å². The minimum Gasteiger partial charge on any atom is -0.451 e. The first-order valence-corrected chi connectivity index (χ1v) is 7.63. The summed E-state index contributed by atoms with van der Waals surface area (Å²) in [5.74, 6) is -0.670. The lowest BCUT2D eigenvalue weighted by atomic mass is 10.1. The molecule has 3 aromatic rings. The minimum atomic E-state index is -4.48. The predicted molar refractivity (Wildman–Crippen MR) is 87.6 cm³/mol. The molecule has 0 aliphatic heterocycles. The van der Waals surface area contributed by atoms with E-state index >= 15 is 0 Å². The molecule has 26 heavy (non-hydrogen) atoms. The number of para-hydroxylation sites is 1. The Kier molecular flexibility index (Phi) is 4.50. The quantitative estimate of drug-likeness (QED) is 0.718. The van der Waals surface area contributed by atoms with E-state index in [4.69, 9.17) is 4.74 Å². The highest BCUT2D eigenvalue weighted by Gasteiger charge is 2.30. The van der Waals surface area contributed by atoms with Gasteiger partial charge in [0.2, 0.25) is 0 Å². The maximum Gasteiger partial charge on any atom is 0.416 e. The van der Waals surface area contributed by atoms with Gasteiger partial charge in [0.05, 0.1) is 22.0 Å². The lowest BCUT2D eigenvalue weighted by Crippen LogP contribution is -2.17. The van der Waals surface area contributed by atoms with Crippen molar-refractivity contribution in [1.29, 1.82) is 0 Å². The van der Waals surface area contributed by atoms with Crippen molar-refractivity contribution in [2.24, 2.45) is 0 Å². The Morgan fingerprint density at radius 1 is 1.12 bits per heavy atom. The topological polar surface area (TPSA) is 72.0 Å². The van der Waals surface area contributed by atoms with Gasteiger partial charge in [0.15, 0.2) is 11.9 Å². The summed E-state index contributed by atoms with van der Waals surface area (Å²) in [6, 6.07) is 10.4. The molecule has 0 saturated carbocycles. The number of nitrogens with zero attached hydrogens (tertiary/aromatic N) is 1. The molecule has 3 rings (SSSR count). The monoisotopic (exact) mass is 362 g/mol. The number of halogens is 3. The van der Waals surface area contributed by atoms with Crippen molar-refractivity contribution in [2.45, 2.75) is 19.2 Å². The molecular weight excluding hydrogens is 349 g/mol. The van der Waals surface area contributed by atoms with Crippen LogP contribution in [0.25, 0.3) is 10.9 Å². The summed E-state index contributed by atoms with van der Waals surface area (Å²) in [7, 11) is 0. The number of hydrogen-bond donors (Lipinski definition) is 1. The number of aromatic nitrogens is 2. The third kappa shape index (κ3) is 3.58. The van der Waals surface area contributed by atoms with Gasteiger partial charge >= 0.3 is 12.1 Å². The van der Waals surface area contributed by atoms with Crippen LogP contribution in [0.1, 0.15) is 34.8 Å². The van der Waals surface area contributed by atoms with Crippen molar-refractivity contribution in [3.8, 4) is 0 Å². The van der Waals surface area contributed by atoms with Crippen molar-refractivity contribution in [1.82, 2.24) is 9.97 Å². The summed E-state index contributed by atoms with van der Waals surface area (Å²) >= 11 is 0. The molecule has 1 atom stereocenters. The van der Waals surface area contributed by atoms with E-state index in [0.29, 0.717) is 10.9 Å². The number of carbonyl (C=O) groups excluding carboxylic acids is 1. The van der Waals surface area contributed by atoms with E-state index in [-0.39, 0.29) is 16.9 Å². The maximum atomic E-state index is 12.6. The van der Waals surface area contributed by atoms with Gasteiger partial charge in [-0.1, -0.05) is 12.1 Å². The van der Waals surface area contributed by atoms with Gasteiger partial charge in [0.1, 0.15) is 0 Å². The van der Waals surface area contributed by atoms with Crippen LogP contribution in [0.15, 0.2) is 53.3 Å². The zero-order valence-corrected chi connectivity index (χ0v) is 13.5. The van der Waals surface area contributed by atoms with Crippen LogP contribution in [-0.2, 0) is 10.9 Å². The second-order valence-electron chi connectivity index (χ2n) is 5.59. The van der Waals surface area contributed by atoms with Crippen molar-refractivity contribution in [3.63, 3.8) is 0 Å². The molecule has 1 N–H and O–H groups in total.